The van der Waals surface area contributed by atoms with Crippen molar-refractivity contribution in [2.24, 2.45) is 5.92 Å². The van der Waals surface area contributed by atoms with Crippen LogP contribution in [0, 0.1) is 23.1 Å². The van der Waals surface area contributed by atoms with Crippen molar-refractivity contribution in [1.82, 2.24) is 14.5 Å². The fourth-order valence-corrected chi connectivity index (χ4v) is 2.93. The number of nitrogens with zero attached hydrogens (tertiary/aromatic N) is 4. The quantitative estimate of drug-likeness (QED) is 0.868. The third-order valence-corrected chi connectivity index (χ3v) is 4.03. The molecule has 2 heterocycles. The van der Waals surface area contributed by atoms with Gasteiger partial charge in [-0.2, -0.15) is 5.26 Å². The smallest absolute Gasteiger partial charge is 0.125 e. The number of aromatic nitrogens is 2. The van der Waals surface area contributed by atoms with Crippen LogP contribution in [0.1, 0.15) is 25.6 Å². The van der Waals surface area contributed by atoms with Crippen molar-refractivity contribution in [3.05, 3.63) is 29.8 Å². The Morgan fingerprint density at radius 1 is 1.38 bits per heavy atom. The van der Waals surface area contributed by atoms with E-state index in [1.807, 2.05) is 6.92 Å². The van der Waals surface area contributed by atoms with Crippen molar-refractivity contribution >= 4 is 11.0 Å². The fourth-order valence-electron chi connectivity index (χ4n) is 2.93. The van der Waals surface area contributed by atoms with Crippen LogP contribution in [0.5, 0.6) is 0 Å². The summed E-state index contributed by atoms with van der Waals surface area (Å²) in [6.45, 7) is 5.45. The lowest BCUT2D eigenvalue weighted by Crippen LogP contribution is -2.22. The van der Waals surface area contributed by atoms with Crippen molar-refractivity contribution in [1.29, 1.82) is 5.26 Å². The van der Waals surface area contributed by atoms with Gasteiger partial charge in [-0.25, -0.2) is 9.37 Å². The van der Waals surface area contributed by atoms with Gasteiger partial charge in [-0.1, -0.05) is 0 Å². The molecule has 0 aliphatic carbocycles. The maximum Gasteiger partial charge on any atom is 0.125 e. The predicted octanol–water partition coefficient (Wildman–Crippen LogP) is 2.93. The van der Waals surface area contributed by atoms with Crippen LogP contribution in [-0.2, 0) is 13.1 Å². The Labute approximate surface area is 123 Å². The summed E-state index contributed by atoms with van der Waals surface area (Å²) in [5.74, 6) is 0.567. The summed E-state index contributed by atoms with van der Waals surface area (Å²) in [4.78, 5) is 6.96. The van der Waals surface area contributed by atoms with Crippen LogP contribution in [0.15, 0.2) is 18.2 Å². The molecule has 0 radical (unpaired) electrons. The minimum absolute atomic E-state index is 0.0928. The fraction of sp³-hybridized carbons (Fsp3) is 0.500. The number of hydrogen-bond acceptors (Lipinski definition) is 3. The molecule has 0 amide bonds. The zero-order valence-electron chi connectivity index (χ0n) is 12.2. The zero-order chi connectivity index (χ0) is 14.8. The van der Waals surface area contributed by atoms with E-state index in [2.05, 4.69) is 20.5 Å². The van der Waals surface area contributed by atoms with Crippen LogP contribution in [0.4, 0.5) is 4.39 Å². The first-order chi connectivity index (χ1) is 10.2. The summed E-state index contributed by atoms with van der Waals surface area (Å²) in [6.07, 6.45) is 2.45. The van der Waals surface area contributed by atoms with Gasteiger partial charge in [0.05, 0.1) is 29.6 Å². The number of benzene rings is 1. The lowest BCUT2D eigenvalue weighted by molar-refractivity contribution is 0.315. The summed E-state index contributed by atoms with van der Waals surface area (Å²) in [5, 5.41) is 9.07. The number of halogens is 1. The third kappa shape index (κ3) is 2.91. The van der Waals surface area contributed by atoms with Gasteiger partial charge in [-0.15, -0.1) is 0 Å². The molecule has 1 unspecified atom stereocenters. The van der Waals surface area contributed by atoms with Gasteiger partial charge in [0, 0.05) is 12.6 Å². The molecule has 3 rings (SSSR count). The highest BCUT2D eigenvalue weighted by molar-refractivity contribution is 5.76. The Hall–Kier alpha value is -1.93. The number of likely N-dealkylation sites (tertiary alicyclic amines) is 1. The van der Waals surface area contributed by atoms with E-state index < -0.39 is 0 Å². The molecule has 0 N–H and O–H groups in total. The van der Waals surface area contributed by atoms with Crippen LogP contribution < -0.4 is 0 Å². The summed E-state index contributed by atoms with van der Waals surface area (Å²) in [7, 11) is 0. The van der Waals surface area contributed by atoms with Gasteiger partial charge in [-0.05, 0) is 45.0 Å². The largest absolute Gasteiger partial charge is 0.326 e. The summed E-state index contributed by atoms with van der Waals surface area (Å²) >= 11 is 0. The Bertz CT molecular complexity index is 679. The molecule has 1 atom stereocenters. The van der Waals surface area contributed by atoms with Crippen molar-refractivity contribution < 1.29 is 4.39 Å². The van der Waals surface area contributed by atoms with Gasteiger partial charge in [-0.3, -0.25) is 4.90 Å². The first-order valence-electron chi connectivity index (χ1n) is 7.44. The van der Waals surface area contributed by atoms with Crippen molar-refractivity contribution in [2.45, 2.75) is 32.9 Å². The zero-order valence-corrected chi connectivity index (χ0v) is 12.2. The van der Waals surface area contributed by atoms with E-state index in [4.69, 9.17) is 5.26 Å². The minimum Gasteiger partial charge on any atom is -0.326 e. The average Bonchev–Trinajstić information content (AvgIpc) is 3.08. The van der Waals surface area contributed by atoms with Gasteiger partial charge in [0.25, 0.3) is 0 Å². The van der Waals surface area contributed by atoms with E-state index in [1.165, 1.54) is 25.0 Å². The molecule has 1 saturated heterocycles. The van der Waals surface area contributed by atoms with Crippen LogP contribution in [0.2, 0.25) is 0 Å². The van der Waals surface area contributed by atoms with Gasteiger partial charge < -0.3 is 4.57 Å². The monoisotopic (exact) mass is 286 g/mol. The van der Waals surface area contributed by atoms with Crippen LogP contribution in [0.3, 0.4) is 0 Å². The SMILES string of the molecule is CC(C#N)Cn1c(CN2CCCC2)nc2cc(F)ccc21. The molecule has 2 aromatic rings. The second-order valence-corrected chi connectivity index (χ2v) is 5.79. The molecule has 0 saturated carbocycles. The first kappa shape index (κ1) is 14.0. The molecule has 5 heteroatoms. The molecule has 1 fully saturated rings. The maximum absolute atomic E-state index is 13.4. The number of imidazole rings is 1. The summed E-state index contributed by atoms with van der Waals surface area (Å²) in [5.41, 5.74) is 1.59. The number of rotatable bonds is 4. The van der Waals surface area contributed by atoms with E-state index in [1.54, 1.807) is 6.07 Å². The molecule has 0 bridgehead atoms. The lowest BCUT2D eigenvalue weighted by atomic mass is 10.2. The van der Waals surface area contributed by atoms with Gasteiger partial charge in [0.15, 0.2) is 0 Å². The topological polar surface area (TPSA) is 44.9 Å². The second kappa shape index (κ2) is 5.82. The maximum atomic E-state index is 13.4. The molecule has 4 nitrogen and oxygen atoms in total. The van der Waals surface area contributed by atoms with Crippen LogP contribution >= 0.6 is 0 Å². The van der Waals surface area contributed by atoms with E-state index in [-0.39, 0.29) is 11.7 Å². The van der Waals surface area contributed by atoms with Gasteiger partial charge in [0.2, 0.25) is 0 Å². The van der Waals surface area contributed by atoms with E-state index in [0.717, 1.165) is 31.0 Å². The second-order valence-electron chi connectivity index (χ2n) is 5.79. The minimum atomic E-state index is -0.270. The van der Waals surface area contributed by atoms with E-state index in [0.29, 0.717) is 12.1 Å². The van der Waals surface area contributed by atoms with E-state index in [9.17, 15) is 4.39 Å². The van der Waals surface area contributed by atoms with Crippen molar-refractivity contribution in [3.8, 4) is 6.07 Å². The van der Waals surface area contributed by atoms with Crippen molar-refractivity contribution in [2.75, 3.05) is 13.1 Å². The Morgan fingerprint density at radius 2 is 2.14 bits per heavy atom. The summed E-state index contributed by atoms with van der Waals surface area (Å²) < 4.78 is 15.5. The molecule has 1 aromatic carbocycles. The molecule has 1 aliphatic heterocycles. The molecule has 110 valence electrons. The molecule has 1 aliphatic rings. The van der Waals surface area contributed by atoms with Gasteiger partial charge in [0.1, 0.15) is 11.6 Å². The number of nitriles is 1. The van der Waals surface area contributed by atoms with Crippen molar-refractivity contribution in [3.63, 3.8) is 0 Å². The molecule has 1 aromatic heterocycles. The van der Waals surface area contributed by atoms with Crippen LogP contribution in [-0.4, -0.2) is 27.5 Å². The first-order valence-corrected chi connectivity index (χ1v) is 7.44. The predicted molar refractivity (Wildman–Crippen MR) is 79.0 cm³/mol. The molecule has 0 spiro atoms. The highest BCUT2D eigenvalue weighted by atomic mass is 19.1. The number of hydrogen-bond donors (Lipinski definition) is 0. The average molecular weight is 286 g/mol. The molecular formula is C16H19FN4. The third-order valence-electron chi connectivity index (χ3n) is 4.03. The summed E-state index contributed by atoms with van der Waals surface area (Å²) in [6, 6.07) is 6.95. The highest BCUT2D eigenvalue weighted by Crippen LogP contribution is 2.21. The Balaban J connectivity index is 1.99. The van der Waals surface area contributed by atoms with Gasteiger partial charge >= 0.3 is 0 Å². The highest BCUT2D eigenvalue weighted by Gasteiger charge is 2.18. The number of fused-ring (bicyclic) bond motifs is 1. The van der Waals surface area contributed by atoms with E-state index >= 15 is 0 Å². The Morgan fingerprint density at radius 3 is 2.86 bits per heavy atom. The molecular weight excluding hydrogens is 267 g/mol. The normalized spacial score (nSPS) is 17.2. The van der Waals surface area contributed by atoms with Crippen LogP contribution in [0.25, 0.3) is 11.0 Å². The molecule has 21 heavy (non-hydrogen) atoms. The Kier molecular flexibility index (Phi) is 3.89. The lowest BCUT2D eigenvalue weighted by Gasteiger charge is -2.16. The standard InChI is InChI=1S/C16H19FN4/c1-12(9-18)10-21-15-5-4-13(17)8-14(15)19-16(21)11-20-6-2-3-7-20/h4-5,8,12H,2-3,6-7,10-11H2,1H3.